The van der Waals surface area contributed by atoms with Gasteiger partial charge in [-0.15, -0.1) is 0 Å². The van der Waals surface area contributed by atoms with Crippen molar-refractivity contribution >= 4 is 22.7 Å². The summed E-state index contributed by atoms with van der Waals surface area (Å²) in [5, 5.41) is 21.8. The first-order valence-corrected chi connectivity index (χ1v) is 12.8. The maximum absolute atomic E-state index is 12.9. The van der Waals surface area contributed by atoms with E-state index in [9.17, 15) is 36.2 Å². The molecule has 3 N–H and O–H groups in total. The first-order chi connectivity index (χ1) is 19.7. The van der Waals surface area contributed by atoms with E-state index in [4.69, 9.17) is 9.90 Å². The lowest BCUT2D eigenvalue weighted by molar-refractivity contribution is -0.192. The van der Waals surface area contributed by atoms with E-state index in [0.717, 1.165) is 65.5 Å². The van der Waals surface area contributed by atoms with Gasteiger partial charge in [-0.3, -0.25) is 0 Å². The van der Waals surface area contributed by atoms with Crippen LogP contribution in [-0.2, 0) is 11.0 Å². The van der Waals surface area contributed by atoms with Crippen molar-refractivity contribution in [3.63, 3.8) is 0 Å². The van der Waals surface area contributed by atoms with Gasteiger partial charge >= 0.3 is 24.3 Å². The number of nitrogens with one attached hydrogen (secondary N) is 1. The normalized spacial score (nSPS) is 14.2. The zero-order valence-corrected chi connectivity index (χ0v) is 21.9. The number of fused-ring (bicyclic) bond motifs is 1. The van der Waals surface area contributed by atoms with Crippen molar-refractivity contribution < 1.29 is 46.1 Å². The Hall–Kier alpha value is -4.38. The van der Waals surface area contributed by atoms with Gasteiger partial charge in [0.15, 0.2) is 0 Å². The molecular formula is C31H25F6NO4. The summed E-state index contributed by atoms with van der Waals surface area (Å²) in [4.78, 5) is 20.8. The number of carbonyl (C=O) groups is 2. The highest BCUT2D eigenvalue weighted by molar-refractivity contribution is 6.04. The van der Waals surface area contributed by atoms with Crippen molar-refractivity contribution in [3.05, 3.63) is 95.6 Å². The molecule has 1 saturated heterocycles. The molecule has 42 heavy (non-hydrogen) atoms. The van der Waals surface area contributed by atoms with E-state index in [0.29, 0.717) is 11.5 Å². The van der Waals surface area contributed by atoms with Crippen LogP contribution in [0, 0.1) is 0 Å². The molecule has 1 aliphatic heterocycles. The highest BCUT2D eigenvalue weighted by Gasteiger charge is 2.38. The topological polar surface area (TPSA) is 86.6 Å². The molecule has 0 spiro atoms. The number of aliphatic carboxylic acids is 1. The summed E-state index contributed by atoms with van der Waals surface area (Å²) in [6.07, 6.45) is -7.27. The van der Waals surface area contributed by atoms with E-state index in [2.05, 4.69) is 17.4 Å². The lowest BCUT2D eigenvalue weighted by Crippen LogP contribution is -2.26. The zero-order valence-electron chi connectivity index (χ0n) is 21.9. The molecule has 0 aliphatic carbocycles. The molecule has 0 saturated carbocycles. The largest absolute Gasteiger partial charge is 0.490 e. The van der Waals surface area contributed by atoms with Crippen molar-refractivity contribution in [2.75, 3.05) is 13.1 Å². The van der Waals surface area contributed by atoms with Crippen LogP contribution in [0.15, 0.2) is 78.9 Å². The van der Waals surface area contributed by atoms with Crippen LogP contribution in [0.5, 0.6) is 0 Å². The van der Waals surface area contributed by atoms with Crippen molar-refractivity contribution in [1.29, 1.82) is 0 Å². The van der Waals surface area contributed by atoms with Gasteiger partial charge in [0.2, 0.25) is 0 Å². The van der Waals surface area contributed by atoms with Gasteiger partial charge in [0.05, 0.1) is 11.1 Å². The molecule has 5 rings (SSSR count). The average Bonchev–Trinajstić information content (AvgIpc) is 2.96. The summed E-state index contributed by atoms with van der Waals surface area (Å²) in [5.41, 5.74) is 3.85. The Labute approximate surface area is 236 Å². The molecule has 1 aliphatic rings. The monoisotopic (exact) mass is 589 g/mol. The van der Waals surface area contributed by atoms with E-state index in [1.54, 1.807) is 12.1 Å². The third-order valence-electron chi connectivity index (χ3n) is 7.02. The van der Waals surface area contributed by atoms with E-state index < -0.39 is 29.9 Å². The molecular weight excluding hydrogens is 564 g/mol. The molecule has 4 aromatic rings. The second-order valence-electron chi connectivity index (χ2n) is 9.79. The Bertz CT molecular complexity index is 1570. The van der Waals surface area contributed by atoms with Crippen LogP contribution in [0.25, 0.3) is 33.0 Å². The molecule has 1 heterocycles. The number of aromatic carboxylic acids is 1. The Morgan fingerprint density at radius 3 is 1.79 bits per heavy atom. The highest BCUT2D eigenvalue weighted by atomic mass is 19.4. The molecule has 5 nitrogen and oxygen atoms in total. The first-order valence-electron chi connectivity index (χ1n) is 12.8. The number of rotatable bonds is 4. The van der Waals surface area contributed by atoms with Gasteiger partial charge in [0.25, 0.3) is 0 Å². The molecule has 0 amide bonds. The lowest BCUT2D eigenvalue weighted by Gasteiger charge is -2.23. The molecule has 0 unspecified atom stereocenters. The van der Waals surface area contributed by atoms with Gasteiger partial charge in [0.1, 0.15) is 0 Å². The standard InChI is InChI=1S/C29H24F3NO2.C2HF3O2/c30-29(31,32)25-8-5-19(6-9-25)22-7-10-26-23(15-22)16-24(28(34)35)17-27(26)21-3-1-18(2-4-21)20-11-13-33-14-12-20;3-2(4,5)1(6)7/h1-10,15-17,20,33H,11-14H2,(H,34,35);(H,6,7). The summed E-state index contributed by atoms with van der Waals surface area (Å²) < 4.78 is 70.5. The number of alkyl halides is 6. The summed E-state index contributed by atoms with van der Waals surface area (Å²) in [5.74, 6) is -3.26. The number of benzene rings is 4. The Kier molecular flexibility index (Phi) is 8.91. The summed E-state index contributed by atoms with van der Waals surface area (Å²) in [6.45, 7) is 2.03. The molecule has 0 atom stereocenters. The minimum Gasteiger partial charge on any atom is -0.478 e. The van der Waals surface area contributed by atoms with E-state index in [-0.39, 0.29) is 5.56 Å². The average molecular weight is 590 g/mol. The maximum atomic E-state index is 12.9. The van der Waals surface area contributed by atoms with Gasteiger partial charge in [-0.05, 0) is 101 Å². The van der Waals surface area contributed by atoms with Crippen molar-refractivity contribution in [2.45, 2.75) is 31.1 Å². The summed E-state index contributed by atoms with van der Waals surface area (Å²) >= 11 is 0. The smallest absolute Gasteiger partial charge is 0.478 e. The number of halogens is 6. The third-order valence-corrected chi connectivity index (χ3v) is 7.02. The number of piperidine rings is 1. The van der Waals surface area contributed by atoms with Crippen LogP contribution in [-0.4, -0.2) is 41.4 Å². The fourth-order valence-electron chi connectivity index (χ4n) is 4.85. The number of hydrogen-bond acceptors (Lipinski definition) is 3. The minimum atomic E-state index is -5.08. The molecule has 0 radical (unpaired) electrons. The van der Waals surface area contributed by atoms with Crippen molar-refractivity contribution in [3.8, 4) is 22.3 Å². The molecule has 4 aromatic carbocycles. The Morgan fingerprint density at radius 2 is 1.26 bits per heavy atom. The summed E-state index contributed by atoms with van der Waals surface area (Å²) in [6, 6.07) is 22.2. The lowest BCUT2D eigenvalue weighted by atomic mass is 9.88. The van der Waals surface area contributed by atoms with Crippen LogP contribution < -0.4 is 5.32 Å². The number of carboxylic acid groups (broad SMARTS) is 2. The fourth-order valence-corrected chi connectivity index (χ4v) is 4.85. The second-order valence-corrected chi connectivity index (χ2v) is 9.79. The predicted molar refractivity (Wildman–Crippen MR) is 145 cm³/mol. The fraction of sp³-hybridized carbons (Fsp3) is 0.226. The van der Waals surface area contributed by atoms with Gasteiger partial charge in [-0.25, -0.2) is 9.59 Å². The highest BCUT2D eigenvalue weighted by Crippen LogP contribution is 2.36. The molecule has 1 fully saturated rings. The molecule has 220 valence electrons. The van der Waals surface area contributed by atoms with Gasteiger partial charge in [-0.2, -0.15) is 26.3 Å². The van der Waals surface area contributed by atoms with Crippen LogP contribution in [0.4, 0.5) is 26.3 Å². The number of carboxylic acids is 2. The SMILES string of the molecule is O=C(O)C(F)(F)F.O=C(O)c1cc(-c2ccc(C3CCNCC3)cc2)c2ccc(-c3ccc(C(F)(F)F)cc3)cc2c1. The van der Waals surface area contributed by atoms with Crippen molar-refractivity contribution in [2.24, 2.45) is 0 Å². The van der Waals surface area contributed by atoms with E-state index in [1.165, 1.54) is 17.7 Å². The zero-order chi connectivity index (χ0) is 30.7. The van der Waals surface area contributed by atoms with Gasteiger partial charge in [-0.1, -0.05) is 48.5 Å². The van der Waals surface area contributed by atoms with E-state index >= 15 is 0 Å². The first kappa shape index (κ1) is 30.6. The van der Waals surface area contributed by atoms with Gasteiger partial charge in [0, 0.05) is 0 Å². The van der Waals surface area contributed by atoms with E-state index in [1.807, 2.05) is 30.3 Å². The van der Waals surface area contributed by atoms with Crippen molar-refractivity contribution in [1.82, 2.24) is 5.32 Å². The maximum Gasteiger partial charge on any atom is 0.490 e. The second kappa shape index (κ2) is 12.2. The third kappa shape index (κ3) is 7.27. The predicted octanol–water partition coefficient (Wildman–Crippen LogP) is 7.99. The van der Waals surface area contributed by atoms with Crippen LogP contribution in [0.1, 0.15) is 40.2 Å². The Morgan fingerprint density at radius 1 is 0.714 bits per heavy atom. The van der Waals surface area contributed by atoms with Crippen LogP contribution in [0.3, 0.4) is 0 Å². The quantitative estimate of drug-likeness (QED) is 0.210. The summed E-state index contributed by atoms with van der Waals surface area (Å²) in [7, 11) is 0. The van der Waals surface area contributed by atoms with Gasteiger partial charge < -0.3 is 15.5 Å². The minimum absolute atomic E-state index is 0.166. The van der Waals surface area contributed by atoms with Crippen LogP contribution >= 0.6 is 0 Å². The van der Waals surface area contributed by atoms with Crippen LogP contribution in [0.2, 0.25) is 0 Å². The number of hydrogen-bond donors (Lipinski definition) is 3. The molecule has 11 heteroatoms. The molecule has 0 bridgehead atoms. The Balaban J connectivity index is 0.000000517. The molecule has 0 aromatic heterocycles.